The molecule has 0 bridgehead atoms. The van der Waals surface area contributed by atoms with Crippen molar-refractivity contribution in [2.45, 2.75) is 26.4 Å². The zero-order valence-corrected chi connectivity index (χ0v) is 12.7. The Kier molecular flexibility index (Phi) is 5.12. The Hall–Kier alpha value is -2.13. The van der Waals surface area contributed by atoms with Crippen LogP contribution in [0, 0.1) is 13.8 Å². The Bertz CT molecular complexity index is 608. The molecule has 1 unspecified atom stereocenters. The second kappa shape index (κ2) is 7.04. The number of carbonyl (C=O) groups is 1. The first-order chi connectivity index (χ1) is 10.1. The number of nitrogens with one attached hydrogen (secondary N) is 1. The highest BCUT2D eigenvalue weighted by atomic mass is 16.5. The van der Waals surface area contributed by atoms with Gasteiger partial charge < -0.3 is 4.74 Å². The molecule has 2 aromatic carbocycles. The number of aryl methyl sites for hydroxylation is 2. The average Bonchev–Trinajstić information content (AvgIpc) is 2.51. The molecule has 0 heterocycles. The summed E-state index contributed by atoms with van der Waals surface area (Å²) in [6.07, 6.45) is 0. The molecule has 2 aromatic rings. The van der Waals surface area contributed by atoms with Crippen LogP contribution in [0.4, 0.5) is 0 Å². The first-order valence-corrected chi connectivity index (χ1v) is 7.04. The van der Waals surface area contributed by atoms with Crippen molar-refractivity contribution < 1.29 is 9.53 Å². The minimum atomic E-state index is -0.450. The van der Waals surface area contributed by atoms with Crippen molar-refractivity contribution in [2.24, 2.45) is 0 Å². The third-order valence-electron chi connectivity index (χ3n) is 3.65. The summed E-state index contributed by atoms with van der Waals surface area (Å²) < 4.78 is 4.92. The summed E-state index contributed by atoms with van der Waals surface area (Å²) in [6, 6.07) is 15.6. The van der Waals surface area contributed by atoms with Crippen LogP contribution in [0.15, 0.2) is 48.5 Å². The fraction of sp³-hybridized carbons (Fsp3) is 0.278. The van der Waals surface area contributed by atoms with Gasteiger partial charge in [0.25, 0.3) is 0 Å². The molecule has 0 radical (unpaired) electrons. The van der Waals surface area contributed by atoms with E-state index in [1.165, 1.54) is 18.2 Å². The van der Waals surface area contributed by atoms with Gasteiger partial charge in [0.2, 0.25) is 0 Å². The molecule has 0 aliphatic heterocycles. The van der Waals surface area contributed by atoms with Crippen molar-refractivity contribution in [1.29, 1.82) is 0 Å². The third-order valence-corrected chi connectivity index (χ3v) is 3.65. The van der Waals surface area contributed by atoms with Crippen LogP contribution in [0.25, 0.3) is 0 Å². The van der Waals surface area contributed by atoms with E-state index in [-0.39, 0.29) is 5.97 Å². The van der Waals surface area contributed by atoms with Crippen LogP contribution in [0.5, 0.6) is 0 Å². The van der Waals surface area contributed by atoms with E-state index in [0.717, 1.165) is 11.1 Å². The maximum Gasteiger partial charge on any atom is 0.327 e. The van der Waals surface area contributed by atoms with Crippen LogP contribution in [0.1, 0.15) is 28.3 Å². The van der Waals surface area contributed by atoms with Gasteiger partial charge in [0.15, 0.2) is 0 Å². The number of benzene rings is 2. The summed E-state index contributed by atoms with van der Waals surface area (Å²) in [4.78, 5) is 12.0. The smallest absolute Gasteiger partial charge is 0.327 e. The summed E-state index contributed by atoms with van der Waals surface area (Å²) in [5.41, 5.74) is 4.45. The van der Waals surface area contributed by atoms with E-state index in [1.807, 2.05) is 55.5 Å². The summed E-state index contributed by atoms with van der Waals surface area (Å²) in [7, 11) is 1.42. The Labute approximate surface area is 126 Å². The van der Waals surface area contributed by atoms with E-state index in [0.29, 0.717) is 6.54 Å². The van der Waals surface area contributed by atoms with Gasteiger partial charge in [-0.25, -0.2) is 4.79 Å². The molecule has 3 nitrogen and oxygen atoms in total. The van der Waals surface area contributed by atoms with Gasteiger partial charge in [0.1, 0.15) is 6.04 Å². The number of rotatable bonds is 5. The predicted molar refractivity (Wildman–Crippen MR) is 84.0 cm³/mol. The van der Waals surface area contributed by atoms with Gasteiger partial charge in [-0.05, 0) is 36.1 Å². The number of methoxy groups -OCH3 is 1. The summed E-state index contributed by atoms with van der Waals surface area (Å²) >= 11 is 0. The Morgan fingerprint density at radius 3 is 2.43 bits per heavy atom. The molecule has 0 aliphatic rings. The zero-order chi connectivity index (χ0) is 15.2. The molecule has 0 saturated carbocycles. The van der Waals surface area contributed by atoms with E-state index in [9.17, 15) is 4.79 Å². The van der Waals surface area contributed by atoms with Crippen molar-refractivity contribution in [2.75, 3.05) is 7.11 Å². The molecule has 0 amide bonds. The quantitative estimate of drug-likeness (QED) is 0.856. The van der Waals surface area contributed by atoms with Crippen LogP contribution >= 0.6 is 0 Å². The maximum atomic E-state index is 12.0. The zero-order valence-electron chi connectivity index (χ0n) is 12.7. The normalized spacial score (nSPS) is 12.0. The Morgan fingerprint density at radius 2 is 1.81 bits per heavy atom. The van der Waals surface area contributed by atoms with Gasteiger partial charge in [0, 0.05) is 6.54 Å². The number of esters is 1. The topological polar surface area (TPSA) is 38.3 Å². The minimum absolute atomic E-state index is 0.269. The molecular weight excluding hydrogens is 262 g/mol. The fourth-order valence-electron chi connectivity index (χ4n) is 2.22. The molecule has 110 valence electrons. The molecule has 0 saturated heterocycles. The first kappa shape index (κ1) is 15.3. The lowest BCUT2D eigenvalue weighted by Gasteiger charge is -2.18. The van der Waals surface area contributed by atoms with Crippen molar-refractivity contribution >= 4 is 5.97 Å². The van der Waals surface area contributed by atoms with E-state index in [4.69, 9.17) is 4.74 Å². The molecular formula is C18H21NO2. The molecule has 3 heteroatoms. The van der Waals surface area contributed by atoms with Gasteiger partial charge in [-0.3, -0.25) is 5.32 Å². The van der Waals surface area contributed by atoms with E-state index in [2.05, 4.69) is 12.2 Å². The van der Waals surface area contributed by atoms with E-state index >= 15 is 0 Å². The highest BCUT2D eigenvalue weighted by Crippen LogP contribution is 2.19. The van der Waals surface area contributed by atoms with Crippen LogP contribution in [-0.2, 0) is 16.1 Å². The van der Waals surface area contributed by atoms with Crippen LogP contribution in [0.2, 0.25) is 0 Å². The van der Waals surface area contributed by atoms with Gasteiger partial charge in [-0.2, -0.15) is 0 Å². The fourth-order valence-corrected chi connectivity index (χ4v) is 2.22. The number of ether oxygens (including phenoxy) is 1. The van der Waals surface area contributed by atoms with Crippen LogP contribution in [0.3, 0.4) is 0 Å². The molecule has 0 spiro atoms. The standard InChI is InChI=1S/C18H21NO2/c1-13-9-10-16(11-14(13)2)17(18(20)21-3)19-12-15-7-5-4-6-8-15/h4-11,17,19H,12H2,1-3H3. The largest absolute Gasteiger partial charge is 0.468 e. The summed E-state index contributed by atoms with van der Waals surface area (Å²) in [5, 5.41) is 3.28. The molecule has 0 fully saturated rings. The second-order valence-corrected chi connectivity index (χ2v) is 5.17. The van der Waals surface area contributed by atoms with Crippen molar-refractivity contribution in [3.63, 3.8) is 0 Å². The third kappa shape index (κ3) is 3.92. The molecule has 2 rings (SSSR count). The van der Waals surface area contributed by atoms with E-state index in [1.54, 1.807) is 0 Å². The Balaban J connectivity index is 2.18. The van der Waals surface area contributed by atoms with Crippen molar-refractivity contribution in [3.8, 4) is 0 Å². The average molecular weight is 283 g/mol. The van der Waals surface area contributed by atoms with Crippen molar-refractivity contribution in [3.05, 3.63) is 70.8 Å². The van der Waals surface area contributed by atoms with Crippen LogP contribution in [-0.4, -0.2) is 13.1 Å². The van der Waals surface area contributed by atoms with E-state index < -0.39 is 6.04 Å². The van der Waals surface area contributed by atoms with Gasteiger partial charge in [-0.1, -0.05) is 48.5 Å². The maximum absolute atomic E-state index is 12.0. The predicted octanol–water partition coefficient (Wildman–Crippen LogP) is 3.31. The monoisotopic (exact) mass is 283 g/mol. The first-order valence-electron chi connectivity index (χ1n) is 7.04. The molecule has 1 N–H and O–H groups in total. The van der Waals surface area contributed by atoms with Crippen LogP contribution < -0.4 is 5.32 Å². The summed E-state index contributed by atoms with van der Waals surface area (Å²) in [6.45, 7) is 4.72. The Morgan fingerprint density at radius 1 is 1.10 bits per heavy atom. The SMILES string of the molecule is COC(=O)C(NCc1ccccc1)c1ccc(C)c(C)c1. The number of carbonyl (C=O) groups excluding carboxylic acids is 1. The van der Waals surface area contributed by atoms with Gasteiger partial charge in [0.05, 0.1) is 7.11 Å². The summed E-state index contributed by atoms with van der Waals surface area (Å²) in [5.74, 6) is -0.269. The number of hydrogen-bond donors (Lipinski definition) is 1. The molecule has 0 aromatic heterocycles. The highest BCUT2D eigenvalue weighted by Gasteiger charge is 2.21. The lowest BCUT2D eigenvalue weighted by Crippen LogP contribution is -2.29. The highest BCUT2D eigenvalue weighted by molar-refractivity contribution is 5.77. The molecule has 1 atom stereocenters. The number of hydrogen-bond acceptors (Lipinski definition) is 3. The van der Waals surface area contributed by atoms with Crippen molar-refractivity contribution in [1.82, 2.24) is 5.32 Å². The molecule has 21 heavy (non-hydrogen) atoms. The minimum Gasteiger partial charge on any atom is -0.468 e. The lowest BCUT2D eigenvalue weighted by molar-refractivity contribution is -0.143. The second-order valence-electron chi connectivity index (χ2n) is 5.17. The van der Waals surface area contributed by atoms with Gasteiger partial charge in [-0.15, -0.1) is 0 Å². The lowest BCUT2D eigenvalue weighted by atomic mass is 10.0. The van der Waals surface area contributed by atoms with Gasteiger partial charge >= 0.3 is 5.97 Å². The molecule has 0 aliphatic carbocycles.